The molecule has 0 bridgehead atoms. The van der Waals surface area contributed by atoms with Gasteiger partial charge < -0.3 is 5.32 Å². The van der Waals surface area contributed by atoms with E-state index in [1.54, 1.807) is 0 Å². The summed E-state index contributed by atoms with van der Waals surface area (Å²) in [5.41, 5.74) is 0. The molecule has 0 aliphatic rings. The molecule has 0 aromatic rings. The number of unbranched alkanes of at least 4 members (excludes halogenated alkanes) is 1. The van der Waals surface area contributed by atoms with E-state index in [2.05, 4.69) is 42.0 Å². The smallest absolute Gasteiger partial charge is 0.223 e. The van der Waals surface area contributed by atoms with E-state index in [1.807, 2.05) is 0 Å². The summed E-state index contributed by atoms with van der Waals surface area (Å²) in [5, 5.41) is 4.11. The molecule has 1 amide bonds. The Kier molecular flexibility index (Phi) is 10.1. The molecule has 96 valence electrons. The molecule has 0 spiro atoms. The van der Waals surface area contributed by atoms with E-state index >= 15 is 0 Å². The summed E-state index contributed by atoms with van der Waals surface area (Å²) >= 11 is 3.43. The van der Waals surface area contributed by atoms with Gasteiger partial charge in [0.05, 0.1) is 0 Å². The summed E-state index contributed by atoms with van der Waals surface area (Å²) in [5.74, 6) is 0.466. The number of hydrogen-bond acceptors (Lipinski definition) is 1. The number of carbonyl (C=O) groups is 1. The number of amides is 1. The minimum absolute atomic E-state index is 0.212. The lowest BCUT2D eigenvalue weighted by Gasteiger charge is -2.20. The molecular weight excluding hydrogens is 266 g/mol. The van der Waals surface area contributed by atoms with Crippen LogP contribution in [0.2, 0.25) is 0 Å². The molecule has 0 rings (SSSR count). The molecule has 0 saturated heterocycles. The summed E-state index contributed by atoms with van der Waals surface area (Å²) in [6.45, 7) is 6.40. The van der Waals surface area contributed by atoms with Crippen molar-refractivity contribution >= 4 is 21.8 Å². The van der Waals surface area contributed by atoms with Gasteiger partial charge in [0.15, 0.2) is 0 Å². The van der Waals surface area contributed by atoms with Crippen LogP contribution in [0.1, 0.15) is 59.3 Å². The van der Waals surface area contributed by atoms with Crippen LogP contribution >= 0.6 is 15.9 Å². The van der Waals surface area contributed by atoms with Gasteiger partial charge >= 0.3 is 0 Å². The van der Waals surface area contributed by atoms with E-state index in [-0.39, 0.29) is 11.8 Å². The molecule has 0 aromatic carbocycles. The van der Waals surface area contributed by atoms with Crippen LogP contribution in [-0.2, 0) is 4.79 Å². The topological polar surface area (TPSA) is 29.1 Å². The first-order chi connectivity index (χ1) is 7.69. The van der Waals surface area contributed by atoms with Crippen LogP contribution in [0.5, 0.6) is 0 Å². The first-order valence-corrected chi connectivity index (χ1v) is 7.67. The molecule has 16 heavy (non-hydrogen) atoms. The van der Waals surface area contributed by atoms with Crippen molar-refractivity contribution in [3.8, 4) is 0 Å². The van der Waals surface area contributed by atoms with Crippen LogP contribution in [0, 0.1) is 5.92 Å². The average Bonchev–Trinajstić information content (AvgIpc) is 2.29. The zero-order valence-corrected chi connectivity index (χ0v) is 12.5. The van der Waals surface area contributed by atoms with E-state index in [1.165, 1.54) is 6.42 Å². The van der Waals surface area contributed by atoms with E-state index in [0.717, 1.165) is 37.4 Å². The van der Waals surface area contributed by atoms with Crippen molar-refractivity contribution in [3.05, 3.63) is 0 Å². The third-order valence-corrected chi connectivity index (χ3v) is 3.52. The van der Waals surface area contributed by atoms with Crippen LogP contribution in [0.3, 0.4) is 0 Å². The second kappa shape index (κ2) is 10.1. The maximum atomic E-state index is 12.0. The van der Waals surface area contributed by atoms with Crippen molar-refractivity contribution in [2.45, 2.75) is 65.3 Å². The highest BCUT2D eigenvalue weighted by Gasteiger charge is 2.18. The van der Waals surface area contributed by atoms with Gasteiger partial charge in [0.2, 0.25) is 5.91 Å². The van der Waals surface area contributed by atoms with E-state index < -0.39 is 0 Å². The first kappa shape index (κ1) is 16.0. The standard InChI is InChI=1S/C13H26BrNO/c1-4-7-8-11(5-2)13(16)15-12(6-3)9-10-14/h11-12H,4-10H2,1-3H3,(H,15,16). The van der Waals surface area contributed by atoms with Gasteiger partial charge in [-0.2, -0.15) is 0 Å². The highest BCUT2D eigenvalue weighted by molar-refractivity contribution is 9.09. The highest BCUT2D eigenvalue weighted by atomic mass is 79.9. The molecule has 0 heterocycles. The summed E-state index contributed by atoms with van der Waals surface area (Å²) in [7, 11) is 0. The number of alkyl halides is 1. The summed E-state index contributed by atoms with van der Waals surface area (Å²) in [6, 6.07) is 0.336. The minimum Gasteiger partial charge on any atom is -0.353 e. The van der Waals surface area contributed by atoms with Crippen molar-refractivity contribution in [2.75, 3.05) is 5.33 Å². The van der Waals surface area contributed by atoms with Crippen molar-refractivity contribution in [3.63, 3.8) is 0 Å². The summed E-state index contributed by atoms with van der Waals surface area (Å²) in [6.07, 6.45) is 6.34. The number of rotatable bonds is 9. The Morgan fingerprint density at radius 3 is 2.31 bits per heavy atom. The molecular formula is C13H26BrNO. The van der Waals surface area contributed by atoms with E-state index in [9.17, 15) is 4.79 Å². The number of carbonyl (C=O) groups excluding carboxylic acids is 1. The van der Waals surface area contributed by atoms with E-state index in [4.69, 9.17) is 0 Å². The Morgan fingerprint density at radius 1 is 1.19 bits per heavy atom. The number of hydrogen-bond donors (Lipinski definition) is 1. The van der Waals surface area contributed by atoms with Gasteiger partial charge in [-0.15, -0.1) is 0 Å². The van der Waals surface area contributed by atoms with Gasteiger partial charge in [-0.1, -0.05) is 49.5 Å². The van der Waals surface area contributed by atoms with Crippen molar-refractivity contribution in [1.29, 1.82) is 0 Å². The molecule has 0 aromatic heterocycles. The predicted octanol–water partition coefficient (Wildman–Crippen LogP) is 3.88. The molecule has 0 aliphatic heterocycles. The molecule has 0 fully saturated rings. The van der Waals surface area contributed by atoms with Gasteiger partial charge in [-0.3, -0.25) is 4.79 Å². The SMILES string of the molecule is CCCCC(CC)C(=O)NC(CC)CCBr. The van der Waals surface area contributed by atoms with Crippen molar-refractivity contribution in [2.24, 2.45) is 5.92 Å². The van der Waals surface area contributed by atoms with Crippen LogP contribution in [0.4, 0.5) is 0 Å². The average molecular weight is 292 g/mol. The van der Waals surface area contributed by atoms with E-state index in [0.29, 0.717) is 6.04 Å². The predicted molar refractivity (Wildman–Crippen MR) is 73.9 cm³/mol. The third-order valence-electron chi connectivity index (χ3n) is 3.07. The Labute approximate surface area is 109 Å². The van der Waals surface area contributed by atoms with Crippen LogP contribution < -0.4 is 5.32 Å². The van der Waals surface area contributed by atoms with Gasteiger partial charge in [0.25, 0.3) is 0 Å². The molecule has 0 saturated carbocycles. The van der Waals surface area contributed by atoms with Crippen LogP contribution in [0.15, 0.2) is 0 Å². The number of halogens is 1. The quantitative estimate of drug-likeness (QED) is 0.642. The van der Waals surface area contributed by atoms with Crippen molar-refractivity contribution in [1.82, 2.24) is 5.32 Å². The summed E-state index contributed by atoms with van der Waals surface area (Å²) in [4.78, 5) is 12.0. The fourth-order valence-electron chi connectivity index (χ4n) is 1.80. The summed E-state index contributed by atoms with van der Waals surface area (Å²) < 4.78 is 0. The molecule has 3 heteroatoms. The first-order valence-electron chi connectivity index (χ1n) is 6.55. The van der Waals surface area contributed by atoms with Crippen molar-refractivity contribution < 1.29 is 4.79 Å². The maximum Gasteiger partial charge on any atom is 0.223 e. The largest absolute Gasteiger partial charge is 0.353 e. The lowest BCUT2D eigenvalue weighted by Crippen LogP contribution is -2.38. The van der Waals surface area contributed by atoms with Gasteiger partial charge in [-0.25, -0.2) is 0 Å². The lowest BCUT2D eigenvalue weighted by atomic mass is 9.97. The molecule has 2 nitrogen and oxygen atoms in total. The van der Waals surface area contributed by atoms with Gasteiger partial charge in [0.1, 0.15) is 0 Å². The maximum absolute atomic E-state index is 12.0. The zero-order chi connectivity index (χ0) is 12.4. The van der Waals surface area contributed by atoms with Gasteiger partial charge in [0, 0.05) is 17.3 Å². The lowest BCUT2D eigenvalue weighted by molar-refractivity contribution is -0.126. The Morgan fingerprint density at radius 2 is 1.88 bits per heavy atom. The fraction of sp³-hybridized carbons (Fsp3) is 0.923. The Balaban J connectivity index is 4.06. The fourth-order valence-corrected chi connectivity index (χ4v) is 2.35. The molecule has 0 radical (unpaired) electrons. The van der Waals surface area contributed by atoms with Crippen LogP contribution in [0.25, 0.3) is 0 Å². The molecule has 2 atom stereocenters. The number of nitrogens with one attached hydrogen (secondary N) is 1. The third kappa shape index (κ3) is 6.51. The molecule has 0 aliphatic carbocycles. The van der Waals surface area contributed by atoms with Gasteiger partial charge in [-0.05, 0) is 25.7 Å². The highest BCUT2D eigenvalue weighted by Crippen LogP contribution is 2.13. The second-order valence-electron chi connectivity index (χ2n) is 4.34. The Hall–Kier alpha value is -0.0500. The second-order valence-corrected chi connectivity index (χ2v) is 5.13. The molecule has 2 unspecified atom stereocenters. The zero-order valence-electron chi connectivity index (χ0n) is 10.9. The minimum atomic E-state index is 0.212. The normalized spacial score (nSPS) is 14.5. The molecule has 1 N–H and O–H groups in total. The Bertz CT molecular complexity index is 185. The monoisotopic (exact) mass is 291 g/mol. The van der Waals surface area contributed by atoms with Crippen LogP contribution in [-0.4, -0.2) is 17.3 Å².